The van der Waals surface area contributed by atoms with Gasteiger partial charge in [0.15, 0.2) is 0 Å². The lowest BCUT2D eigenvalue weighted by Gasteiger charge is -2.32. The smallest absolute Gasteiger partial charge is 0.357 e. The fourth-order valence-electron chi connectivity index (χ4n) is 3.30. The van der Waals surface area contributed by atoms with Gasteiger partial charge in [-0.25, -0.2) is 9.37 Å². The van der Waals surface area contributed by atoms with Crippen LogP contribution in [0.15, 0.2) is 42.6 Å². The molecule has 0 spiro atoms. The van der Waals surface area contributed by atoms with E-state index >= 15 is 0 Å². The van der Waals surface area contributed by atoms with Crippen LogP contribution in [0.5, 0.6) is 0 Å². The Bertz CT molecular complexity index is 815. The third-order valence-corrected chi connectivity index (χ3v) is 4.97. The first-order valence-corrected chi connectivity index (χ1v) is 9.08. The average Bonchev–Trinajstić information content (AvgIpc) is 2.67. The Morgan fingerprint density at radius 1 is 1.21 bits per heavy atom. The first kappa shape index (κ1) is 20.1. The fraction of sp³-hybridized carbons (Fsp3) is 0.400. The molecule has 1 fully saturated rings. The van der Waals surface area contributed by atoms with Crippen molar-refractivity contribution in [2.24, 2.45) is 5.92 Å². The molecular weight excluding hydrogens is 374 g/mol. The molecule has 1 saturated heterocycles. The summed E-state index contributed by atoms with van der Waals surface area (Å²) in [6.45, 7) is 2.86. The molecular formula is C20H21F4N3O. The third kappa shape index (κ3) is 4.79. The zero-order chi connectivity index (χ0) is 20.3. The Kier molecular flexibility index (Phi) is 5.86. The van der Waals surface area contributed by atoms with Crippen molar-refractivity contribution in [3.63, 3.8) is 0 Å². The lowest BCUT2D eigenvalue weighted by atomic mass is 9.95. The number of alkyl halides is 3. The van der Waals surface area contributed by atoms with Crippen LogP contribution in [0.3, 0.4) is 0 Å². The van der Waals surface area contributed by atoms with Crippen LogP contribution in [0.25, 0.3) is 0 Å². The van der Waals surface area contributed by atoms with Gasteiger partial charge >= 0.3 is 6.18 Å². The van der Waals surface area contributed by atoms with E-state index in [0.717, 1.165) is 12.3 Å². The van der Waals surface area contributed by atoms with E-state index in [1.54, 1.807) is 19.1 Å². The van der Waals surface area contributed by atoms with Crippen molar-refractivity contribution in [2.75, 3.05) is 18.0 Å². The molecule has 1 aromatic heterocycles. The van der Waals surface area contributed by atoms with E-state index in [2.05, 4.69) is 10.3 Å². The molecule has 1 atom stereocenters. The molecule has 1 aliphatic heterocycles. The summed E-state index contributed by atoms with van der Waals surface area (Å²) < 4.78 is 51.2. The zero-order valence-corrected chi connectivity index (χ0v) is 15.3. The molecule has 28 heavy (non-hydrogen) atoms. The standard InChI is InChI=1S/C20H21F4N3O/c1-13(15-3-2-4-17(21)11-15)26-19(28)14-7-9-27(10-8-14)18-6-5-16(12-25-18)20(22,23)24/h2-6,11-14H,7-10H2,1H3,(H,26,28). The second kappa shape index (κ2) is 8.16. The highest BCUT2D eigenvalue weighted by atomic mass is 19.4. The van der Waals surface area contributed by atoms with E-state index in [1.165, 1.54) is 18.2 Å². The van der Waals surface area contributed by atoms with Gasteiger partial charge in [0.25, 0.3) is 0 Å². The van der Waals surface area contributed by atoms with Crippen LogP contribution < -0.4 is 10.2 Å². The highest BCUT2D eigenvalue weighted by molar-refractivity contribution is 5.79. The maximum atomic E-state index is 13.3. The van der Waals surface area contributed by atoms with E-state index in [4.69, 9.17) is 0 Å². The van der Waals surface area contributed by atoms with Crippen LogP contribution in [-0.4, -0.2) is 24.0 Å². The van der Waals surface area contributed by atoms with Gasteiger partial charge in [-0.1, -0.05) is 12.1 Å². The molecule has 1 N–H and O–H groups in total. The van der Waals surface area contributed by atoms with Gasteiger partial charge in [-0.2, -0.15) is 13.2 Å². The number of hydrogen-bond donors (Lipinski definition) is 1. The van der Waals surface area contributed by atoms with Crippen molar-refractivity contribution in [1.82, 2.24) is 10.3 Å². The quantitative estimate of drug-likeness (QED) is 0.784. The maximum absolute atomic E-state index is 13.3. The number of carbonyl (C=O) groups excluding carboxylic acids is 1. The number of nitrogens with zero attached hydrogens (tertiary/aromatic N) is 2. The molecule has 4 nitrogen and oxygen atoms in total. The van der Waals surface area contributed by atoms with Crippen LogP contribution in [-0.2, 0) is 11.0 Å². The molecule has 2 aromatic rings. The molecule has 1 aromatic carbocycles. The number of anilines is 1. The number of nitrogens with one attached hydrogen (secondary N) is 1. The van der Waals surface area contributed by atoms with Crippen LogP contribution in [0.2, 0.25) is 0 Å². The Balaban J connectivity index is 1.54. The average molecular weight is 395 g/mol. The number of benzene rings is 1. The minimum absolute atomic E-state index is 0.100. The van der Waals surface area contributed by atoms with Crippen LogP contribution in [0.4, 0.5) is 23.4 Å². The summed E-state index contributed by atoms with van der Waals surface area (Å²) in [5.41, 5.74) is -0.0865. The normalized spacial score (nSPS) is 16.7. The first-order chi connectivity index (χ1) is 13.2. The van der Waals surface area contributed by atoms with E-state index in [9.17, 15) is 22.4 Å². The number of carbonyl (C=O) groups is 1. The van der Waals surface area contributed by atoms with Crippen molar-refractivity contribution < 1.29 is 22.4 Å². The van der Waals surface area contributed by atoms with Crippen LogP contribution in [0, 0.1) is 11.7 Å². The third-order valence-electron chi connectivity index (χ3n) is 4.97. The summed E-state index contributed by atoms with van der Waals surface area (Å²) >= 11 is 0. The van der Waals surface area contributed by atoms with Gasteiger partial charge in [0.1, 0.15) is 11.6 Å². The SMILES string of the molecule is CC(NC(=O)C1CCN(c2ccc(C(F)(F)F)cn2)CC1)c1cccc(F)c1. The number of rotatable bonds is 4. The number of pyridine rings is 1. The number of hydrogen-bond acceptors (Lipinski definition) is 3. The van der Waals surface area contributed by atoms with E-state index in [0.29, 0.717) is 37.3 Å². The largest absolute Gasteiger partial charge is 0.417 e. The van der Waals surface area contributed by atoms with Crippen molar-refractivity contribution in [3.8, 4) is 0 Å². The fourth-order valence-corrected chi connectivity index (χ4v) is 3.30. The molecule has 2 heterocycles. The minimum atomic E-state index is -4.41. The highest BCUT2D eigenvalue weighted by Crippen LogP contribution is 2.30. The first-order valence-electron chi connectivity index (χ1n) is 9.08. The molecule has 150 valence electrons. The number of halogens is 4. The molecule has 0 radical (unpaired) electrons. The summed E-state index contributed by atoms with van der Waals surface area (Å²) in [6.07, 6.45) is -2.43. The molecule has 1 amide bonds. The summed E-state index contributed by atoms with van der Waals surface area (Å²) in [5, 5.41) is 2.91. The second-order valence-corrected chi connectivity index (χ2v) is 6.95. The van der Waals surface area contributed by atoms with Crippen LogP contribution >= 0.6 is 0 Å². The van der Waals surface area contributed by atoms with E-state index in [-0.39, 0.29) is 23.7 Å². The van der Waals surface area contributed by atoms with Crippen molar-refractivity contribution in [1.29, 1.82) is 0 Å². The summed E-state index contributed by atoms with van der Waals surface area (Å²) in [5.74, 6) is -0.172. The lowest BCUT2D eigenvalue weighted by Crippen LogP contribution is -2.41. The lowest BCUT2D eigenvalue weighted by molar-refractivity contribution is -0.137. The number of aromatic nitrogens is 1. The highest BCUT2D eigenvalue weighted by Gasteiger charge is 2.31. The summed E-state index contributed by atoms with van der Waals surface area (Å²) in [7, 11) is 0. The van der Waals surface area contributed by atoms with Gasteiger partial charge in [-0.3, -0.25) is 4.79 Å². The molecule has 0 bridgehead atoms. The molecule has 0 saturated carbocycles. The Morgan fingerprint density at radius 2 is 1.93 bits per heavy atom. The van der Waals surface area contributed by atoms with Gasteiger partial charge < -0.3 is 10.2 Å². The van der Waals surface area contributed by atoms with Gasteiger partial charge in [-0.15, -0.1) is 0 Å². The van der Waals surface area contributed by atoms with Crippen molar-refractivity contribution >= 4 is 11.7 Å². The predicted molar refractivity (Wildman–Crippen MR) is 97.1 cm³/mol. The Morgan fingerprint density at radius 3 is 2.50 bits per heavy atom. The van der Waals surface area contributed by atoms with Gasteiger partial charge in [-0.05, 0) is 49.6 Å². The molecule has 1 aliphatic rings. The summed E-state index contributed by atoms with van der Waals surface area (Å²) in [4.78, 5) is 18.3. The maximum Gasteiger partial charge on any atom is 0.417 e. The molecule has 1 unspecified atom stereocenters. The molecule has 3 rings (SSSR count). The van der Waals surface area contributed by atoms with Gasteiger partial charge in [0, 0.05) is 25.2 Å². The molecule has 8 heteroatoms. The molecule has 0 aliphatic carbocycles. The Hall–Kier alpha value is -2.64. The topological polar surface area (TPSA) is 45.2 Å². The zero-order valence-electron chi connectivity index (χ0n) is 15.3. The van der Waals surface area contributed by atoms with E-state index < -0.39 is 11.7 Å². The summed E-state index contributed by atoms with van der Waals surface area (Å²) in [6, 6.07) is 8.16. The monoisotopic (exact) mass is 395 g/mol. The van der Waals surface area contributed by atoms with Crippen molar-refractivity contribution in [3.05, 3.63) is 59.5 Å². The Labute approximate surface area is 160 Å². The second-order valence-electron chi connectivity index (χ2n) is 6.95. The van der Waals surface area contributed by atoms with Crippen molar-refractivity contribution in [2.45, 2.75) is 32.0 Å². The number of amides is 1. The van der Waals surface area contributed by atoms with Gasteiger partial charge in [0.2, 0.25) is 5.91 Å². The van der Waals surface area contributed by atoms with Crippen LogP contribution in [0.1, 0.15) is 36.9 Å². The van der Waals surface area contributed by atoms with E-state index in [1.807, 2.05) is 4.90 Å². The van der Waals surface area contributed by atoms with Gasteiger partial charge in [0.05, 0.1) is 11.6 Å². The predicted octanol–water partition coefficient (Wildman–Crippen LogP) is 4.33. The number of piperidine rings is 1. The minimum Gasteiger partial charge on any atom is -0.357 e.